The van der Waals surface area contributed by atoms with Crippen molar-refractivity contribution in [3.8, 4) is 0 Å². The van der Waals surface area contributed by atoms with Gasteiger partial charge in [-0.05, 0) is 6.07 Å². The lowest BCUT2D eigenvalue weighted by Crippen LogP contribution is -2.45. The highest BCUT2D eigenvalue weighted by Crippen LogP contribution is 2.27. The number of hydrogen-bond donors (Lipinski definition) is 1. The van der Waals surface area contributed by atoms with Crippen molar-refractivity contribution in [2.24, 2.45) is 5.41 Å². The Morgan fingerprint density at radius 3 is 2.75 bits per heavy atom. The molecule has 1 aliphatic rings. The summed E-state index contributed by atoms with van der Waals surface area (Å²) in [6.45, 7) is 5.55. The van der Waals surface area contributed by atoms with Crippen LogP contribution in [0.1, 0.15) is 12.5 Å². The average molecular weight is 221 g/mol. The van der Waals surface area contributed by atoms with E-state index in [0.717, 1.165) is 25.4 Å². The third-order valence-electron chi connectivity index (χ3n) is 2.92. The summed E-state index contributed by atoms with van der Waals surface area (Å²) in [5.41, 5.74) is 2.66. The average Bonchev–Trinajstić information content (AvgIpc) is 2.26. The Morgan fingerprint density at radius 1 is 1.38 bits per heavy atom. The van der Waals surface area contributed by atoms with Crippen LogP contribution in [0.4, 0.5) is 5.69 Å². The number of methoxy groups -OCH3 is 1. The molecule has 0 bridgehead atoms. The molecule has 88 valence electrons. The molecule has 0 spiro atoms. The van der Waals surface area contributed by atoms with Gasteiger partial charge in [0.2, 0.25) is 0 Å². The highest BCUT2D eigenvalue weighted by molar-refractivity contribution is 5.51. The minimum absolute atomic E-state index is 0.292. The zero-order valence-electron chi connectivity index (χ0n) is 9.95. The van der Waals surface area contributed by atoms with Crippen molar-refractivity contribution in [1.29, 1.82) is 0 Å². The van der Waals surface area contributed by atoms with Crippen molar-refractivity contribution in [1.82, 2.24) is 0 Å². The van der Waals surface area contributed by atoms with E-state index in [1.807, 2.05) is 12.1 Å². The molecule has 0 aromatic heterocycles. The maximum atomic E-state index is 5.24. The summed E-state index contributed by atoms with van der Waals surface area (Å²) in [6.07, 6.45) is 0. The van der Waals surface area contributed by atoms with Gasteiger partial charge in [-0.2, -0.15) is 0 Å². The van der Waals surface area contributed by atoms with Crippen LogP contribution in [0.3, 0.4) is 0 Å². The number of anilines is 1. The Hall–Kier alpha value is -1.06. The van der Waals surface area contributed by atoms with E-state index in [9.17, 15) is 0 Å². The van der Waals surface area contributed by atoms with Gasteiger partial charge in [0.25, 0.3) is 0 Å². The standard InChI is InChI=1S/C13H19NO2/c1-13(9-16-10-13)8-14-12-6-4-3-5-11(12)7-15-2/h3-6,14H,7-10H2,1-2H3. The molecule has 0 radical (unpaired) electrons. The van der Waals surface area contributed by atoms with Gasteiger partial charge in [0.15, 0.2) is 0 Å². The number of nitrogens with one attached hydrogen (secondary N) is 1. The van der Waals surface area contributed by atoms with Crippen LogP contribution in [0.15, 0.2) is 24.3 Å². The van der Waals surface area contributed by atoms with Crippen molar-refractivity contribution < 1.29 is 9.47 Å². The highest BCUT2D eigenvalue weighted by atomic mass is 16.5. The second kappa shape index (κ2) is 4.85. The van der Waals surface area contributed by atoms with Crippen molar-refractivity contribution in [3.05, 3.63) is 29.8 Å². The number of ether oxygens (including phenoxy) is 2. The summed E-state index contributed by atoms with van der Waals surface area (Å²) >= 11 is 0. The fourth-order valence-corrected chi connectivity index (χ4v) is 1.84. The van der Waals surface area contributed by atoms with Crippen LogP contribution in [0.2, 0.25) is 0 Å². The summed E-state index contributed by atoms with van der Waals surface area (Å²) in [6, 6.07) is 8.26. The molecule has 16 heavy (non-hydrogen) atoms. The number of benzene rings is 1. The summed E-state index contributed by atoms with van der Waals surface area (Å²) < 4.78 is 10.4. The van der Waals surface area contributed by atoms with Gasteiger partial charge >= 0.3 is 0 Å². The van der Waals surface area contributed by atoms with Gasteiger partial charge in [0, 0.05) is 30.3 Å². The number of hydrogen-bond acceptors (Lipinski definition) is 3. The van der Waals surface area contributed by atoms with Gasteiger partial charge in [-0.15, -0.1) is 0 Å². The first-order valence-corrected chi connectivity index (χ1v) is 5.62. The smallest absolute Gasteiger partial charge is 0.0733 e. The second-order valence-corrected chi connectivity index (χ2v) is 4.75. The molecule has 0 atom stereocenters. The first kappa shape index (κ1) is 11.4. The third-order valence-corrected chi connectivity index (χ3v) is 2.92. The second-order valence-electron chi connectivity index (χ2n) is 4.75. The van der Waals surface area contributed by atoms with Gasteiger partial charge in [0.1, 0.15) is 0 Å². The monoisotopic (exact) mass is 221 g/mol. The van der Waals surface area contributed by atoms with Crippen LogP contribution in [0, 0.1) is 5.41 Å². The van der Waals surface area contributed by atoms with Crippen molar-refractivity contribution in [3.63, 3.8) is 0 Å². The molecular weight excluding hydrogens is 202 g/mol. The Balaban J connectivity index is 1.97. The van der Waals surface area contributed by atoms with E-state index in [-0.39, 0.29) is 0 Å². The van der Waals surface area contributed by atoms with E-state index in [2.05, 4.69) is 24.4 Å². The van der Waals surface area contributed by atoms with Crippen molar-refractivity contribution >= 4 is 5.69 Å². The van der Waals surface area contributed by atoms with Gasteiger partial charge < -0.3 is 14.8 Å². The molecule has 1 heterocycles. The Kier molecular flexibility index (Phi) is 3.46. The van der Waals surface area contributed by atoms with Crippen molar-refractivity contribution in [2.75, 3.05) is 32.2 Å². The highest BCUT2D eigenvalue weighted by Gasteiger charge is 2.32. The molecular formula is C13H19NO2. The van der Waals surface area contributed by atoms with E-state index in [1.165, 1.54) is 5.56 Å². The third kappa shape index (κ3) is 2.54. The summed E-state index contributed by atoms with van der Waals surface area (Å²) in [5, 5.41) is 3.48. The number of para-hydroxylation sites is 1. The molecule has 0 aliphatic carbocycles. The molecule has 1 aromatic rings. The fourth-order valence-electron chi connectivity index (χ4n) is 1.84. The SMILES string of the molecule is COCc1ccccc1NCC1(C)COC1. The Labute approximate surface area is 96.8 Å². The summed E-state index contributed by atoms with van der Waals surface area (Å²) in [5.74, 6) is 0. The topological polar surface area (TPSA) is 30.5 Å². The molecule has 1 N–H and O–H groups in total. The van der Waals surface area contributed by atoms with Crippen molar-refractivity contribution in [2.45, 2.75) is 13.5 Å². The Morgan fingerprint density at radius 2 is 2.12 bits per heavy atom. The van der Waals surface area contributed by atoms with E-state index in [4.69, 9.17) is 9.47 Å². The van der Waals surface area contributed by atoms with E-state index in [0.29, 0.717) is 12.0 Å². The quantitative estimate of drug-likeness (QED) is 0.827. The molecule has 1 aliphatic heterocycles. The van der Waals surface area contributed by atoms with Crippen LogP contribution >= 0.6 is 0 Å². The molecule has 3 heteroatoms. The molecule has 0 amide bonds. The summed E-state index contributed by atoms with van der Waals surface area (Å²) in [7, 11) is 1.72. The maximum Gasteiger partial charge on any atom is 0.0733 e. The molecule has 2 rings (SSSR count). The zero-order chi connectivity index (χ0) is 11.4. The minimum Gasteiger partial charge on any atom is -0.384 e. The fraction of sp³-hybridized carbons (Fsp3) is 0.538. The lowest BCUT2D eigenvalue weighted by atomic mass is 9.88. The minimum atomic E-state index is 0.292. The first-order chi connectivity index (χ1) is 7.73. The molecule has 0 saturated carbocycles. The predicted octanol–water partition coefficient (Wildman–Crippen LogP) is 2.28. The largest absolute Gasteiger partial charge is 0.384 e. The van der Waals surface area contributed by atoms with Crippen LogP contribution in [-0.2, 0) is 16.1 Å². The lowest BCUT2D eigenvalue weighted by molar-refractivity contribution is -0.0924. The predicted molar refractivity (Wildman–Crippen MR) is 64.6 cm³/mol. The molecule has 0 unspecified atom stereocenters. The Bertz CT molecular complexity index is 348. The van der Waals surface area contributed by atoms with Gasteiger partial charge in [0.05, 0.1) is 19.8 Å². The van der Waals surface area contributed by atoms with Crippen LogP contribution in [-0.4, -0.2) is 26.9 Å². The molecule has 3 nitrogen and oxygen atoms in total. The first-order valence-electron chi connectivity index (χ1n) is 5.62. The van der Waals surface area contributed by atoms with Gasteiger partial charge in [-0.3, -0.25) is 0 Å². The van der Waals surface area contributed by atoms with E-state index < -0.39 is 0 Å². The van der Waals surface area contributed by atoms with Gasteiger partial charge in [-0.1, -0.05) is 25.1 Å². The lowest BCUT2D eigenvalue weighted by Gasteiger charge is -2.38. The van der Waals surface area contributed by atoms with E-state index >= 15 is 0 Å². The molecule has 1 aromatic carbocycles. The van der Waals surface area contributed by atoms with E-state index in [1.54, 1.807) is 7.11 Å². The normalized spacial score (nSPS) is 17.9. The van der Waals surface area contributed by atoms with Gasteiger partial charge in [-0.25, -0.2) is 0 Å². The maximum absolute atomic E-state index is 5.24. The van der Waals surface area contributed by atoms with Crippen LogP contribution < -0.4 is 5.32 Å². The van der Waals surface area contributed by atoms with Crippen LogP contribution in [0.5, 0.6) is 0 Å². The molecule has 1 fully saturated rings. The molecule has 1 saturated heterocycles. The van der Waals surface area contributed by atoms with Crippen LogP contribution in [0.25, 0.3) is 0 Å². The zero-order valence-corrected chi connectivity index (χ0v) is 9.95. The number of rotatable bonds is 5. The summed E-state index contributed by atoms with van der Waals surface area (Å²) in [4.78, 5) is 0.